The van der Waals surface area contributed by atoms with Crippen LogP contribution < -0.4 is 10.6 Å². The van der Waals surface area contributed by atoms with Crippen LogP contribution in [0, 0.1) is 0 Å². The molecule has 2 amide bonds. The summed E-state index contributed by atoms with van der Waals surface area (Å²) in [6.07, 6.45) is 1.16. The third-order valence-electron chi connectivity index (χ3n) is 4.60. The zero-order chi connectivity index (χ0) is 21.4. The lowest BCUT2D eigenvalue weighted by molar-refractivity contribution is -0.131. The molecule has 7 nitrogen and oxygen atoms in total. The van der Waals surface area contributed by atoms with Gasteiger partial charge in [0.2, 0.25) is 11.8 Å². The van der Waals surface area contributed by atoms with E-state index in [1.807, 2.05) is 56.7 Å². The van der Waals surface area contributed by atoms with Crippen molar-refractivity contribution in [1.29, 1.82) is 0 Å². The van der Waals surface area contributed by atoms with Crippen molar-refractivity contribution in [3.63, 3.8) is 0 Å². The van der Waals surface area contributed by atoms with Gasteiger partial charge in [-0.1, -0.05) is 24.3 Å². The van der Waals surface area contributed by atoms with Gasteiger partial charge in [0.05, 0.1) is 6.54 Å². The van der Waals surface area contributed by atoms with Crippen molar-refractivity contribution in [2.75, 3.05) is 26.7 Å². The molecule has 0 bridgehead atoms. The maximum atomic E-state index is 12.5. The topological polar surface area (TPSA) is 77.0 Å². The summed E-state index contributed by atoms with van der Waals surface area (Å²) in [6.45, 7) is 10.8. The zero-order valence-corrected chi connectivity index (χ0v) is 18.4. The first-order valence-corrected chi connectivity index (χ1v) is 10.3. The van der Waals surface area contributed by atoms with Crippen LogP contribution in [0.25, 0.3) is 0 Å². The Morgan fingerprint density at radius 3 is 2.34 bits per heavy atom. The first kappa shape index (κ1) is 22.7. The molecule has 0 atom stereocenters. The van der Waals surface area contributed by atoms with Gasteiger partial charge >= 0.3 is 0 Å². The van der Waals surface area contributed by atoms with Crippen LogP contribution >= 0.6 is 0 Å². The highest BCUT2D eigenvalue weighted by atomic mass is 16.2. The highest BCUT2D eigenvalue weighted by molar-refractivity contribution is 5.86. The average Bonchev–Trinajstić information content (AvgIpc) is 3.06. The average molecular weight is 402 g/mol. The highest BCUT2D eigenvalue weighted by Gasteiger charge is 2.22. The number of fused-ring (bicyclic) bond motifs is 1. The van der Waals surface area contributed by atoms with Crippen molar-refractivity contribution in [3.05, 3.63) is 35.4 Å². The van der Waals surface area contributed by atoms with Gasteiger partial charge in [-0.2, -0.15) is 0 Å². The number of rotatable bonds is 7. The van der Waals surface area contributed by atoms with Gasteiger partial charge in [-0.15, -0.1) is 0 Å². The third kappa shape index (κ3) is 7.40. The van der Waals surface area contributed by atoms with Crippen LogP contribution in [-0.4, -0.2) is 59.8 Å². The van der Waals surface area contributed by atoms with Crippen molar-refractivity contribution < 1.29 is 9.59 Å². The summed E-state index contributed by atoms with van der Waals surface area (Å²) >= 11 is 0. The summed E-state index contributed by atoms with van der Waals surface area (Å²) in [5, 5.41) is 6.16. The van der Waals surface area contributed by atoms with E-state index in [9.17, 15) is 9.59 Å². The molecule has 1 aliphatic heterocycles. The second-order valence-corrected chi connectivity index (χ2v) is 8.51. The summed E-state index contributed by atoms with van der Waals surface area (Å²) in [5.41, 5.74) is 2.22. The zero-order valence-electron chi connectivity index (χ0n) is 18.4. The normalized spacial score (nSPS) is 13.8. The molecule has 1 heterocycles. The molecule has 1 aromatic carbocycles. The molecule has 0 radical (unpaired) electrons. The number of carbonyl (C=O) groups is 2. The second kappa shape index (κ2) is 10.3. The molecular formula is C22H35N5O2. The Kier molecular flexibility index (Phi) is 8.05. The number of nitrogens with one attached hydrogen (secondary N) is 2. The van der Waals surface area contributed by atoms with E-state index in [-0.39, 0.29) is 23.9 Å². The summed E-state index contributed by atoms with van der Waals surface area (Å²) < 4.78 is 0. The van der Waals surface area contributed by atoms with E-state index in [2.05, 4.69) is 27.8 Å². The van der Waals surface area contributed by atoms with E-state index < -0.39 is 0 Å². The molecule has 2 rings (SSSR count). The van der Waals surface area contributed by atoms with Crippen LogP contribution in [0.2, 0.25) is 0 Å². The quantitative estimate of drug-likeness (QED) is 0.417. The fraction of sp³-hybridized carbons (Fsp3) is 0.591. The predicted molar refractivity (Wildman–Crippen MR) is 116 cm³/mol. The molecule has 0 fully saturated rings. The van der Waals surface area contributed by atoms with Crippen molar-refractivity contribution in [1.82, 2.24) is 20.4 Å². The first-order chi connectivity index (χ1) is 13.7. The molecule has 160 valence electrons. The maximum absolute atomic E-state index is 12.5. The van der Waals surface area contributed by atoms with Gasteiger partial charge in [0.15, 0.2) is 5.96 Å². The van der Waals surface area contributed by atoms with E-state index in [0.717, 1.165) is 6.54 Å². The number of carbonyl (C=O) groups excluding carboxylic acids is 2. The van der Waals surface area contributed by atoms with Gasteiger partial charge in [0.1, 0.15) is 0 Å². The van der Waals surface area contributed by atoms with Crippen LogP contribution in [0.5, 0.6) is 0 Å². The lowest BCUT2D eigenvalue weighted by Crippen LogP contribution is -2.48. The number of likely N-dealkylation sites (N-methyl/N-ethyl adjacent to an activating group) is 1. The van der Waals surface area contributed by atoms with Crippen molar-refractivity contribution in [3.8, 4) is 0 Å². The molecule has 0 spiro atoms. The fourth-order valence-electron chi connectivity index (χ4n) is 3.30. The maximum Gasteiger partial charge on any atom is 0.240 e. The van der Waals surface area contributed by atoms with Crippen molar-refractivity contribution >= 4 is 17.8 Å². The SMILES string of the molecule is CCNC(=NCCCC(=O)N1Cc2ccccc2C1)N(C)CC(=O)NC(C)(C)C. The number of benzene rings is 1. The largest absolute Gasteiger partial charge is 0.357 e. The van der Waals surface area contributed by atoms with E-state index >= 15 is 0 Å². The summed E-state index contributed by atoms with van der Waals surface area (Å²) in [6, 6.07) is 8.20. The molecule has 0 saturated heterocycles. The Morgan fingerprint density at radius 2 is 1.79 bits per heavy atom. The van der Waals surface area contributed by atoms with Crippen LogP contribution in [0.1, 0.15) is 51.7 Å². The molecule has 0 saturated carbocycles. The van der Waals surface area contributed by atoms with Crippen LogP contribution in [0.4, 0.5) is 0 Å². The summed E-state index contributed by atoms with van der Waals surface area (Å²) in [4.78, 5) is 32.9. The summed E-state index contributed by atoms with van der Waals surface area (Å²) in [5.74, 6) is 0.797. The van der Waals surface area contributed by atoms with Gasteiger partial charge in [-0.3, -0.25) is 14.6 Å². The molecule has 2 N–H and O–H groups in total. The number of hydrogen-bond acceptors (Lipinski definition) is 3. The van der Waals surface area contributed by atoms with E-state index in [1.54, 1.807) is 0 Å². The highest BCUT2D eigenvalue weighted by Crippen LogP contribution is 2.22. The predicted octanol–water partition coefficient (Wildman–Crippen LogP) is 2.12. The first-order valence-electron chi connectivity index (χ1n) is 10.3. The Hall–Kier alpha value is -2.57. The van der Waals surface area contributed by atoms with Crippen LogP contribution in [0.3, 0.4) is 0 Å². The molecule has 1 aliphatic rings. The fourth-order valence-corrected chi connectivity index (χ4v) is 3.30. The Labute approximate surface area is 174 Å². The smallest absolute Gasteiger partial charge is 0.240 e. The van der Waals surface area contributed by atoms with Crippen molar-refractivity contribution in [2.45, 2.75) is 59.2 Å². The van der Waals surface area contributed by atoms with Crippen LogP contribution in [0.15, 0.2) is 29.3 Å². The van der Waals surface area contributed by atoms with E-state index in [0.29, 0.717) is 38.4 Å². The number of amides is 2. The van der Waals surface area contributed by atoms with Gasteiger partial charge in [0.25, 0.3) is 0 Å². The summed E-state index contributed by atoms with van der Waals surface area (Å²) in [7, 11) is 1.84. The van der Waals surface area contributed by atoms with Gasteiger partial charge in [-0.25, -0.2) is 0 Å². The third-order valence-corrected chi connectivity index (χ3v) is 4.60. The number of nitrogens with zero attached hydrogens (tertiary/aromatic N) is 3. The number of aliphatic imine (C=N–C) groups is 1. The molecule has 0 aromatic heterocycles. The van der Waals surface area contributed by atoms with Gasteiger partial charge in [-0.05, 0) is 45.2 Å². The molecule has 1 aromatic rings. The van der Waals surface area contributed by atoms with Crippen LogP contribution in [-0.2, 0) is 22.7 Å². The molecule has 7 heteroatoms. The minimum Gasteiger partial charge on any atom is -0.357 e. The number of hydrogen-bond donors (Lipinski definition) is 2. The van der Waals surface area contributed by atoms with Crippen molar-refractivity contribution in [2.24, 2.45) is 4.99 Å². The lowest BCUT2D eigenvalue weighted by atomic mass is 10.1. The Bertz CT molecular complexity index is 714. The lowest BCUT2D eigenvalue weighted by Gasteiger charge is -2.25. The Morgan fingerprint density at radius 1 is 1.17 bits per heavy atom. The van der Waals surface area contributed by atoms with Gasteiger partial charge < -0.3 is 20.4 Å². The molecule has 29 heavy (non-hydrogen) atoms. The van der Waals surface area contributed by atoms with Gasteiger partial charge in [0, 0.05) is 45.2 Å². The Balaban J connectivity index is 1.79. The second-order valence-electron chi connectivity index (χ2n) is 8.51. The monoisotopic (exact) mass is 401 g/mol. The molecule has 0 aliphatic carbocycles. The standard InChI is InChI=1S/C22H35N5O2/c1-6-23-21(26(5)16-19(28)25-22(2,3)4)24-13-9-12-20(29)27-14-17-10-7-8-11-18(17)15-27/h7-8,10-11H,6,9,12-16H2,1-5H3,(H,23,24)(H,25,28). The minimum absolute atomic E-state index is 0.0469. The molecule has 0 unspecified atom stereocenters. The molecular weight excluding hydrogens is 366 g/mol. The number of guanidine groups is 1. The minimum atomic E-state index is -0.261. The van der Waals surface area contributed by atoms with E-state index in [1.165, 1.54) is 11.1 Å². The van der Waals surface area contributed by atoms with E-state index in [4.69, 9.17) is 0 Å².